The van der Waals surface area contributed by atoms with Gasteiger partial charge >= 0.3 is 0 Å². The highest BCUT2D eigenvalue weighted by Crippen LogP contribution is 2.41. The van der Waals surface area contributed by atoms with Gasteiger partial charge in [0.15, 0.2) is 0 Å². The molecule has 0 aromatic carbocycles. The molecule has 3 heteroatoms. The van der Waals surface area contributed by atoms with Crippen LogP contribution in [-0.4, -0.2) is 33.6 Å². The molecule has 16 heavy (non-hydrogen) atoms. The Morgan fingerprint density at radius 2 is 1.94 bits per heavy atom. The molecule has 0 fully saturated rings. The first kappa shape index (κ1) is 13.4. The van der Waals surface area contributed by atoms with E-state index in [-0.39, 0.29) is 5.41 Å². The Kier molecular flexibility index (Phi) is 3.94. The Morgan fingerprint density at radius 3 is 2.44 bits per heavy atom. The van der Waals surface area contributed by atoms with E-state index < -0.39 is 18.3 Å². The van der Waals surface area contributed by atoms with Crippen molar-refractivity contribution in [2.24, 2.45) is 5.41 Å². The summed E-state index contributed by atoms with van der Waals surface area (Å²) in [4.78, 5) is 0. The van der Waals surface area contributed by atoms with Crippen LogP contribution < -0.4 is 0 Å². The molecule has 0 amide bonds. The summed E-state index contributed by atoms with van der Waals surface area (Å²) in [6.45, 7) is 7.59. The van der Waals surface area contributed by atoms with Gasteiger partial charge in [0.2, 0.25) is 0 Å². The molecular weight excluding hydrogens is 204 g/mol. The zero-order valence-corrected chi connectivity index (χ0v) is 10.4. The van der Waals surface area contributed by atoms with E-state index in [2.05, 4.69) is 0 Å². The van der Waals surface area contributed by atoms with Crippen LogP contribution in [0.5, 0.6) is 0 Å². The van der Waals surface area contributed by atoms with Crippen LogP contribution in [0.1, 0.15) is 34.1 Å². The minimum Gasteiger partial charge on any atom is -0.390 e. The van der Waals surface area contributed by atoms with E-state index in [0.717, 1.165) is 11.1 Å². The number of aliphatic hydroxyl groups excluding tert-OH is 3. The fourth-order valence-corrected chi connectivity index (χ4v) is 2.32. The van der Waals surface area contributed by atoms with Crippen molar-refractivity contribution in [3.05, 3.63) is 23.3 Å². The Bertz CT molecular complexity index is 313. The minimum absolute atomic E-state index is 0.173. The molecular formula is C13H22O3. The van der Waals surface area contributed by atoms with Gasteiger partial charge in [0.1, 0.15) is 6.10 Å². The van der Waals surface area contributed by atoms with Crippen LogP contribution in [0.25, 0.3) is 0 Å². The van der Waals surface area contributed by atoms with Gasteiger partial charge in [-0.2, -0.15) is 0 Å². The molecule has 0 saturated heterocycles. The monoisotopic (exact) mass is 226 g/mol. The minimum atomic E-state index is -0.790. The lowest BCUT2D eigenvalue weighted by Crippen LogP contribution is -2.39. The summed E-state index contributed by atoms with van der Waals surface area (Å²) in [5, 5.41) is 28.8. The topological polar surface area (TPSA) is 60.7 Å². The molecule has 0 aliphatic heterocycles. The van der Waals surface area contributed by atoms with E-state index in [9.17, 15) is 15.3 Å². The first-order chi connectivity index (χ1) is 7.25. The standard InChI is InChI=1S/C13H22O3/c1-8(14)5-6-10-9(2)12(16)11(15)7-13(10,3)4/h5-6,8,11-12,14-16H,7H2,1-4H3/b6-5+/t8-,11-,12+/m0/s1. The lowest BCUT2D eigenvalue weighted by molar-refractivity contribution is 0.00683. The molecule has 0 aromatic heterocycles. The normalized spacial score (nSPS) is 32.2. The Balaban J connectivity index is 3.09. The average Bonchev–Trinajstić information content (AvgIpc) is 2.12. The lowest BCUT2D eigenvalue weighted by atomic mass is 9.70. The maximum Gasteiger partial charge on any atom is 0.101 e. The van der Waals surface area contributed by atoms with Gasteiger partial charge in [-0.3, -0.25) is 0 Å². The Hall–Kier alpha value is -0.640. The first-order valence-corrected chi connectivity index (χ1v) is 5.69. The van der Waals surface area contributed by atoms with Crippen LogP contribution in [0.15, 0.2) is 23.3 Å². The van der Waals surface area contributed by atoms with Gasteiger partial charge in [0, 0.05) is 0 Å². The number of rotatable bonds is 2. The van der Waals surface area contributed by atoms with Gasteiger partial charge in [-0.1, -0.05) is 26.0 Å². The molecule has 92 valence electrons. The molecule has 0 radical (unpaired) electrons. The van der Waals surface area contributed by atoms with E-state index in [0.29, 0.717) is 6.42 Å². The summed E-state index contributed by atoms with van der Waals surface area (Å²) < 4.78 is 0. The highest BCUT2D eigenvalue weighted by Gasteiger charge is 2.36. The first-order valence-electron chi connectivity index (χ1n) is 5.69. The second kappa shape index (κ2) is 4.70. The average molecular weight is 226 g/mol. The zero-order chi connectivity index (χ0) is 12.5. The molecule has 0 saturated carbocycles. The predicted octanol–water partition coefficient (Wildman–Crippen LogP) is 1.39. The lowest BCUT2D eigenvalue weighted by Gasteiger charge is -2.38. The fourth-order valence-electron chi connectivity index (χ4n) is 2.32. The Morgan fingerprint density at radius 1 is 1.38 bits per heavy atom. The van der Waals surface area contributed by atoms with Crippen molar-refractivity contribution in [2.75, 3.05) is 0 Å². The van der Waals surface area contributed by atoms with Gasteiger partial charge in [-0.15, -0.1) is 0 Å². The van der Waals surface area contributed by atoms with Gasteiger partial charge < -0.3 is 15.3 Å². The van der Waals surface area contributed by atoms with E-state index in [1.807, 2.05) is 26.8 Å². The van der Waals surface area contributed by atoms with Gasteiger partial charge in [-0.25, -0.2) is 0 Å². The summed E-state index contributed by atoms with van der Waals surface area (Å²) in [7, 11) is 0. The number of aliphatic hydroxyl groups is 3. The van der Waals surface area contributed by atoms with Crippen molar-refractivity contribution in [3.8, 4) is 0 Å². The smallest absolute Gasteiger partial charge is 0.101 e. The van der Waals surface area contributed by atoms with Crippen molar-refractivity contribution in [2.45, 2.75) is 52.4 Å². The highest BCUT2D eigenvalue weighted by atomic mass is 16.3. The summed E-state index contributed by atoms with van der Waals surface area (Å²) in [5.41, 5.74) is 1.63. The van der Waals surface area contributed by atoms with Crippen LogP contribution in [0.3, 0.4) is 0 Å². The van der Waals surface area contributed by atoms with Crippen LogP contribution in [-0.2, 0) is 0 Å². The van der Waals surface area contributed by atoms with Crippen molar-refractivity contribution in [3.63, 3.8) is 0 Å². The number of hydrogen-bond donors (Lipinski definition) is 3. The van der Waals surface area contributed by atoms with Gasteiger partial charge in [0.05, 0.1) is 12.2 Å². The van der Waals surface area contributed by atoms with Crippen LogP contribution in [0.2, 0.25) is 0 Å². The molecule has 1 rings (SSSR count). The molecule has 0 spiro atoms. The van der Waals surface area contributed by atoms with Gasteiger partial charge in [0.25, 0.3) is 0 Å². The molecule has 3 N–H and O–H groups in total. The third-order valence-corrected chi connectivity index (χ3v) is 3.22. The van der Waals surface area contributed by atoms with Crippen molar-refractivity contribution in [1.29, 1.82) is 0 Å². The van der Waals surface area contributed by atoms with E-state index in [4.69, 9.17) is 0 Å². The third kappa shape index (κ3) is 2.73. The van der Waals surface area contributed by atoms with Gasteiger partial charge in [-0.05, 0) is 36.8 Å². The zero-order valence-electron chi connectivity index (χ0n) is 10.4. The van der Waals surface area contributed by atoms with E-state index >= 15 is 0 Å². The molecule has 1 aliphatic rings. The van der Waals surface area contributed by atoms with Crippen molar-refractivity contribution in [1.82, 2.24) is 0 Å². The number of hydrogen-bond acceptors (Lipinski definition) is 3. The quantitative estimate of drug-likeness (QED) is 0.667. The molecule has 0 heterocycles. The molecule has 0 aromatic rings. The Labute approximate surface area is 97.1 Å². The van der Waals surface area contributed by atoms with E-state index in [1.165, 1.54) is 0 Å². The highest BCUT2D eigenvalue weighted by molar-refractivity contribution is 5.36. The SMILES string of the molecule is CC1=C(/C=C/[C@H](C)O)C(C)(C)C[C@H](O)[C@@H]1O. The molecule has 3 nitrogen and oxygen atoms in total. The van der Waals surface area contributed by atoms with Crippen molar-refractivity contribution < 1.29 is 15.3 Å². The predicted molar refractivity (Wildman–Crippen MR) is 63.9 cm³/mol. The summed E-state index contributed by atoms with van der Waals surface area (Å²) in [6, 6.07) is 0. The van der Waals surface area contributed by atoms with Crippen LogP contribution >= 0.6 is 0 Å². The summed E-state index contributed by atoms with van der Waals surface area (Å²) in [5.74, 6) is 0. The molecule has 3 atom stereocenters. The second-order valence-electron chi connectivity index (χ2n) is 5.30. The van der Waals surface area contributed by atoms with Crippen LogP contribution in [0.4, 0.5) is 0 Å². The molecule has 0 unspecified atom stereocenters. The number of allylic oxidation sites excluding steroid dienone is 2. The summed E-state index contributed by atoms with van der Waals surface area (Å²) >= 11 is 0. The summed E-state index contributed by atoms with van der Waals surface area (Å²) in [6.07, 6.45) is 2.10. The maximum absolute atomic E-state index is 9.81. The van der Waals surface area contributed by atoms with Crippen LogP contribution in [0, 0.1) is 5.41 Å². The third-order valence-electron chi connectivity index (χ3n) is 3.22. The fraction of sp³-hybridized carbons (Fsp3) is 0.692. The molecule has 0 bridgehead atoms. The maximum atomic E-state index is 9.81. The largest absolute Gasteiger partial charge is 0.390 e. The second-order valence-corrected chi connectivity index (χ2v) is 5.30. The molecule has 1 aliphatic carbocycles. The van der Waals surface area contributed by atoms with E-state index in [1.54, 1.807) is 13.0 Å². The van der Waals surface area contributed by atoms with Crippen molar-refractivity contribution >= 4 is 0 Å².